The quantitative estimate of drug-likeness (QED) is 0.750. The Balaban J connectivity index is 2.42. The topological polar surface area (TPSA) is 47.6 Å². The lowest BCUT2D eigenvalue weighted by atomic mass is 10.1. The Morgan fingerprint density at radius 1 is 1.39 bits per heavy atom. The van der Waals surface area contributed by atoms with Gasteiger partial charge in [-0.3, -0.25) is 4.79 Å². The van der Waals surface area contributed by atoms with Crippen LogP contribution in [0.1, 0.15) is 18.9 Å². The lowest BCUT2D eigenvalue weighted by molar-refractivity contribution is -0.143. The van der Waals surface area contributed by atoms with Crippen molar-refractivity contribution >= 4 is 5.97 Å². The number of esters is 1. The van der Waals surface area contributed by atoms with Gasteiger partial charge in [0.1, 0.15) is 11.8 Å². The van der Waals surface area contributed by atoms with Crippen LogP contribution in [-0.4, -0.2) is 32.8 Å². The second-order valence-electron chi connectivity index (χ2n) is 4.04. The van der Waals surface area contributed by atoms with Crippen LogP contribution in [0, 0.1) is 0 Å². The minimum Gasteiger partial charge on any atom is -0.497 e. The van der Waals surface area contributed by atoms with Crippen molar-refractivity contribution in [1.82, 2.24) is 5.32 Å². The fourth-order valence-corrected chi connectivity index (χ4v) is 1.76. The van der Waals surface area contributed by atoms with Gasteiger partial charge in [-0.25, -0.2) is 0 Å². The van der Waals surface area contributed by atoms with E-state index in [0.29, 0.717) is 0 Å². The Labute approximate surface area is 108 Å². The summed E-state index contributed by atoms with van der Waals surface area (Å²) in [5.41, 5.74) is 1.18. The summed E-state index contributed by atoms with van der Waals surface area (Å²) in [4.78, 5) is 11.4. The van der Waals surface area contributed by atoms with Crippen molar-refractivity contribution in [2.75, 3.05) is 20.8 Å². The fourth-order valence-electron chi connectivity index (χ4n) is 1.76. The van der Waals surface area contributed by atoms with Crippen LogP contribution in [-0.2, 0) is 16.0 Å². The van der Waals surface area contributed by atoms with E-state index in [9.17, 15) is 4.79 Å². The molecule has 0 fully saturated rings. The summed E-state index contributed by atoms with van der Waals surface area (Å²) < 4.78 is 9.89. The lowest BCUT2D eigenvalue weighted by Gasteiger charge is -2.14. The number of methoxy groups -OCH3 is 2. The zero-order valence-corrected chi connectivity index (χ0v) is 11.2. The number of benzene rings is 1. The Hall–Kier alpha value is -1.55. The summed E-state index contributed by atoms with van der Waals surface area (Å²) >= 11 is 0. The molecule has 0 radical (unpaired) electrons. The van der Waals surface area contributed by atoms with Gasteiger partial charge < -0.3 is 14.8 Å². The molecule has 1 unspecified atom stereocenters. The molecule has 1 atom stereocenters. The molecule has 4 heteroatoms. The minimum atomic E-state index is -0.222. The van der Waals surface area contributed by atoms with Crippen LogP contribution < -0.4 is 10.1 Å². The van der Waals surface area contributed by atoms with Gasteiger partial charge in [0.15, 0.2) is 0 Å². The van der Waals surface area contributed by atoms with E-state index in [1.807, 2.05) is 31.2 Å². The molecule has 1 rings (SSSR count). The Morgan fingerprint density at radius 3 is 2.78 bits per heavy atom. The van der Waals surface area contributed by atoms with Crippen LogP contribution in [0.5, 0.6) is 5.75 Å². The summed E-state index contributed by atoms with van der Waals surface area (Å²) in [6.07, 6.45) is 1.58. The summed E-state index contributed by atoms with van der Waals surface area (Å²) in [6.45, 7) is 2.70. The predicted octanol–water partition coefficient (Wildman–Crippen LogP) is 1.78. The molecule has 1 aromatic carbocycles. The molecule has 0 aliphatic carbocycles. The summed E-state index contributed by atoms with van der Waals surface area (Å²) in [6, 6.07) is 7.70. The highest BCUT2D eigenvalue weighted by molar-refractivity contribution is 5.75. The number of hydrogen-bond donors (Lipinski definition) is 1. The summed E-state index contributed by atoms with van der Waals surface area (Å²) in [5, 5.41) is 3.19. The number of rotatable bonds is 7. The SMILES string of the molecule is CCC(NCCc1cccc(OC)c1)C(=O)OC. The molecular weight excluding hydrogens is 230 g/mol. The first kappa shape index (κ1) is 14.5. The molecule has 1 aromatic rings. The Bertz CT molecular complexity index is 379. The molecule has 4 nitrogen and oxygen atoms in total. The van der Waals surface area contributed by atoms with Crippen LogP contribution >= 0.6 is 0 Å². The smallest absolute Gasteiger partial charge is 0.322 e. The van der Waals surface area contributed by atoms with E-state index in [0.717, 1.165) is 25.1 Å². The van der Waals surface area contributed by atoms with Gasteiger partial charge in [-0.1, -0.05) is 19.1 Å². The third-order valence-corrected chi connectivity index (χ3v) is 2.83. The summed E-state index contributed by atoms with van der Waals surface area (Å²) in [5.74, 6) is 0.649. The molecular formula is C14H21NO3. The molecule has 0 amide bonds. The van der Waals surface area contributed by atoms with Gasteiger partial charge in [-0.2, -0.15) is 0 Å². The third kappa shape index (κ3) is 4.37. The van der Waals surface area contributed by atoms with Crippen molar-refractivity contribution in [2.24, 2.45) is 0 Å². The molecule has 0 aliphatic heterocycles. The van der Waals surface area contributed by atoms with Gasteiger partial charge in [0, 0.05) is 0 Å². The monoisotopic (exact) mass is 251 g/mol. The third-order valence-electron chi connectivity index (χ3n) is 2.83. The van der Waals surface area contributed by atoms with Crippen molar-refractivity contribution in [3.63, 3.8) is 0 Å². The number of nitrogens with one attached hydrogen (secondary N) is 1. The van der Waals surface area contributed by atoms with Crippen LogP contribution in [0.25, 0.3) is 0 Å². The molecule has 0 saturated carbocycles. The van der Waals surface area contributed by atoms with Gasteiger partial charge >= 0.3 is 5.97 Å². The summed E-state index contributed by atoms with van der Waals surface area (Å²) in [7, 11) is 3.07. The van der Waals surface area contributed by atoms with Gasteiger partial charge in [-0.05, 0) is 37.1 Å². The van der Waals surface area contributed by atoms with Crippen molar-refractivity contribution in [2.45, 2.75) is 25.8 Å². The Kier molecular flexibility index (Phi) is 6.22. The zero-order chi connectivity index (χ0) is 13.4. The highest BCUT2D eigenvalue weighted by Crippen LogP contribution is 2.12. The predicted molar refractivity (Wildman–Crippen MR) is 70.8 cm³/mol. The average Bonchev–Trinajstić information content (AvgIpc) is 2.43. The van der Waals surface area contributed by atoms with E-state index in [1.165, 1.54) is 12.7 Å². The average molecular weight is 251 g/mol. The molecule has 0 saturated heterocycles. The van der Waals surface area contributed by atoms with E-state index in [4.69, 9.17) is 9.47 Å². The van der Waals surface area contributed by atoms with E-state index < -0.39 is 0 Å². The first-order valence-corrected chi connectivity index (χ1v) is 6.15. The largest absolute Gasteiger partial charge is 0.497 e. The van der Waals surface area contributed by atoms with Crippen LogP contribution in [0.15, 0.2) is 24.3 Å². The van der Waals surface area contributed by atoms with Crippen molar-refractivity contribution in [1.29, 1.82) is 0 Å². The van der Waals surface area contributed by atoms with Gasteiger partial charge in [-0.15, -0.1) is 0 Å². The first-order chi connectivity index (χ1) is 8.71. The number of carbonyl (C=O) groups excluding carboxylic acids is 1. The number of carbonyl (C=O) groups is 1. The molecule has 0 heterocycles. The van der Waals surface area contributed by atoms with E-state index in [2.05, 4.69) is 5.32 Å². The minimum absolute atomic E-state index is 0.205. The number of hydrogen-bond acceptors (Lipinski definition) is 4. The van der Waals surface area contributed by atoms with Gasteiger partial charge in [0.05, 0.1) is 14.2 Å². The molecule has 0 bridgehead atoms. The molecule has 18 heavy (non-hydrogen) atoms. The van der Waals surface area contributed by atoms with Crippen LogP contribution in [0.3, 0.4) is 0 Å². The van der Waals surface area contributed by atoms with E-state index in [1.54, 1.807) is 7.11 Å². The van der Waals surface area contributed by atoms with Crippen molar-refractivity contribution in [3.05, 3.63) is 29.8 Å². The molecule has 0 aliphatic rings. The van der Waals surface area contributed by atoms with E-state index >= 15 is 0 Å². The zero-order valence-electron chi connectivity index (χ0n) is 11.2. The molecule has 100 valence electrons. The molecule has 0 aromatic heterocycles. The van der Waals surface area contributed by atoms with Gasteiger partial charge in [0.25, 0.3) is 0 Å². The second-order valence-corrected chi connectivity index (χ2v) is 4.04. The highest BCUT2D eigenvalue weighted by Gasteiger charge is 2.15. The first-order valence-electron chi connectivity index (χ1n) is 6.15. The van der Waals surface area contributed by atoms with Crippen LogP contribution in [0.4, 0.5) is 0 Å². The van der Waals surface area contributed by atoms with Crippen LogP contribution in [0.2, 0.25) is 0 Å². The van der Waals surface area contributed by atoms with Crippen molar-refractivity contribution in [3.8, 4) is 5.75 Å². The lowest BCUT2D eigenvalue weighted by Crippen LogP contribution is -2.38. The fraction of sp³-hybridized carbons (Fsp3) is 0.500. The maximum atomic E-state index is 11.4. The standard InChI is InChI=1S/C14H21NO3/c1-4-13(14(16)18-3)15-9-8-11-6-5-7-12(10-11)17-2/h5-7,10,13,15H,4,8-9H2,1-3H3. The van der Waals surface area contributed by atoms with Gasteiger partial charge in [0.2, 0.25) is 0 Å². The Morgan fingerprint density at radius 2 is 2.17 bits per heavy atom. The second kappa shape index (κ2) is 7.71. The van der Waals surface area contributed by atoms with Crippen molar-refractivity contribution < 1.29 is 14.3 Å². The molecule has 1 N–H and O–H groups in total. The molecule has 0 spiro atoms. The normalized spacial score (nSPS) is 11.9. The maximum absolute atomic E-state index is 11.4. The van der Waals surface area contributed by atoms with E-state index in [-0.39, 0.29) is 12.0 Å². The number of ether oxygens (including phenoxy) is 2. The highest BCUT2D eigenvalue weighted by atomic mass is 16.5. The maximum Gasteiger partial charge on any atom is 0.322 e.